The first kappa shape index (κ1) is 15.5. The molecule has 0 aromatic carbocycles. The molecule has 0 rings (SSSR count). The fourth-order valence-electron chi connectivity index (χ4n) is 0.905. The van der Waals surface area contributed by atoms with Gasteiger partial charge in [0.15, 0.2) is 0 Å². The molecular formula is C9H16N2O6. The number of nitroso groups, excluding NO2 is 1. The Hall–Kier alpha value is -1.54. The van der Waals surface area contributed by atoms with E-state index in [4.69, 9.17) is 10.2 Å². The molecule has 0 bridgehead atoms. The van der Waals surface area contributed by atoms with Gasteiger partial charge in [-0.15, -0.1) is 4.91 Å². The van der Waals surface area contributed by atoms with Gasteiger partial charge in [-0.25, -0.2) is 4.79 Å². The van der Waals surface area contributed by atoms with Gasteiger partial charge in [0.05, 0.1) is 13.2 Å². The van der Waals surface area contributed by atoms with Crippen molar-refractivity contribution in [3.05, 3.63) is 4.91 Å². The zero-order valence-electron chi connectivity index (χ0n) is 9.58. The Morgan fingerprint density at radius 1 is 1.41 bits per heavy atom. The predicted octanol–water partition coefficient (Wildman–Crippen LogP) is -1.30. The average Bonchev–Trinajstić information content (AvgIpc) is 2.28. The third kappa shape index (κ3) is 4.45. The van der Waals surface area contributed by atoms with E-state index in [9.17, 15) is 19.6 Å². The quantitative estimate of drug-likeness (QED) is 0.413. The molecule has 1 amide bonds. The number of carbonyl (C=O) groups excluding carboxylic acids is 1. The molecule has 0 saturated heterocycles. The minimum absolute atomic E-state index is 0.421. The summed E-state index contributed by atoms with van der Waals surface area (Å²) in [6.07, 6.45) is -1.51. The van der Waals surface area contributed by atoms with Gasteiger partial charge in [0.25, 0.3) is 0 Å². The van der Waals surface area contributed by atoms with Gasteiger partial charge < -0.3 is 20.6 Å². The number of nitrogens with one attached hydrogen (secondary N) is 1. The molecule has 0 saturated carbocycles. The maximum absolute atomic E-state index is 11.4. The molecule has 1 unspecified atom stereocenters. The Balaban J connectivity index is 4.37. The summed E-state index contributed by atoms with van der Waals surface area (Å²) in [6, 6.07) is -1.59. The fraction of sp³-hybridized carbons (Fsp3) is 0.778. The Morgan fingerprint density at radius 2 is 1.94 bits per heavy atom. The predicted molar refractivity (Wildman–Crippen MR) is 57.1 cm³/mol. The maximum Gasteiger partial charge on any atom is 0.334 e. The number of aliphatic hydroxyl groups excluding tert-OH is 2. The minimum Gasteiger partial charge on any atom is -0.480 e. The second kappa shape index (κ2) is 6.26. The van der Waals surface area contributed by atoms with Crippen LogP contribution >= 0.6 is 0 Å². The van der Waals surface area contributed by atoms with E-state index in [1.807, 2.05) is 0 Å². The molecule has 0 aliphatic carbocycles. The lowest BCUT2D eigenvalue weighted by Gasteiger charge is -2.27. The molecule has 0 aromatic heterocycles. The summed E-state index contributed by atoms with van der Waals surface area (Å²) in [6.45, 7) is 2.00. The summed E-state index contributed by atoms with van der Waals surface area (Å²) in [5.41, 5.74) is -1.06. The topological polar surface area (TPSA) is 136 Å². The van der Waals surface area contributed by atoms with Gasteiger partial charge in [-0.05, 0) is 0 Å². The van der Waals surface area contributed by atoms with Crippen LogP contribution in [0.25, 0.3) is 0 Å². The van der Waals surface area contributed by atoms with Crippen molar-refractivity contribution < 1.29 is 24.9 Å². The van der Waals surface area contributed by atoms with Crippen molar-refractivity contribution in [3.8, 4) is 0 Å². The van der Waals surface area contributed by atoms with Crippen molar-refractivity contribution in [1.29, 1.82) is 0 Å². The van der Waals surface area contributed by atoms with E-state index < -0.39 is 42.6 Å². The van der Waals surface area contributed by atoms with Gasteiger partial charge in [-0.2, -0.15) is 0 Å². The Kier molecular flexibility index (Phi) is 5.69. The molecular weight excluding hydrogens is 232 g/mol. The normalized spacial score (nSPS) is 14.8. The van der Waals surface area contributed by atoms with Crippen LogP contribution in [0.4, 0.5) is 0 Å². The first-order chi connectivity index (χ1) is 7.76. The van der Waals surface area contributed by atoms with Gasteiger partial charge in [0, 0.05) is 5.41 Å². The molecule has 0 fully saturated rings. The van der Waals surface area contributed by atoms with Crippen molar-refractivity contribution in [2.45, 2.75) is 26.0 Å². The third-order valence-electron chi connectivity index (χ3n) is 2.28. The monoisotopic (exact) mass is 248 g/mol. The minimum atomic E-state index is -1.59. The number of aliphatic hydroxyl groups is 2. The molecule has 0 aliphatic heterocycles. The number of amides is 1. The largest absolute Gasteiger partial charge is 0.480 e. The SMILES string of the molecule is CC(C)(CO)[C@H](O)C(=O)NCC(N=O)C(=O)O. The molecule has 0 aliphatic rings. The zero-order chi connectivity index (χ0) is 13.6. The summed E-state index contributed by atoms with van der Waals surface area (Å²) < 4.78 is 0. The highest BCUT2D eigenvalue weighted by atomic mass is 16.4. The number of nitrogens with zero attached hydrogens (tertiary/aromatic N) is 1. The van der Waals surface area contributed by atoms with E-state index in [2.05, 4.69) is 10.5 Å². The molecule has 4 N–H and O–H groups in total. The van der Waals surface area contributed by atoms with Crippen molar-refractivity contribution in [3.63, 3.8) is 0 Å². The molecule has 0 spiro atoms. The standard InChI is InChI=1S/C9H16N2O6/c1-9(2,4-12)6(13)7(14)10-3-5(11-17)8(15)16/h5-6,12-13H,3-4H2,1-2H3,(H,10,14)(H,15,16)/t5?,6-/m1/s1. The van der Waals surface area contributed by atoms with Crippen molar-refractivity contribution >= 4 is 11.9 Å². The lowest BCUT2D eigenvalue weighted by Crippen LogP contribution is -2.47. The van der Waals surface area contributed by atoms with E-state index in [1.165, 1.54) is 13.8 Å². The molecule has 2 atom stereocenters. The lowest BCUT2D eigenvalue weighted by molar-refractivity contribution is -0.139. The van der Waals surface area contributed by atoms with Crippen LogP contribution in [0.2, 0.25) is 0 Å². The van der Waals surface area contributed by atoms with Crippen LogP contribution in [0, 0.1) is 10.3 Å². The van der Waals surface area contributed by atoms with Crippen molar-refractivity contribution in [2.24, 2.45) is 10.6 Å². The van der Waals surface area contributed by atoms with E-state index >= 15 is 0 Å². The molecule has 98 valence electrons. The van der Waals surface area contributed by atoms with E-state index in [0.29, 0.717) is 0 Å². The Labute approximate surface area is 97.6 Å². The second-order valence-corrected chi connectivity index (χ2v) is 4.25. The zero-order valence-corrected chi connectivity index (χ0v) is 9.58. The third-order valence-corrected chi connectivity index (χ3v) is 2.28. The van der Waals surface area contributed by atoms with E-state index in [0.717, 1.165) is 0 Å². The van der Waals surface area contributed by atoms with Gasteiger partial charge in [-0.1, -0.05) is 19.0 Å². The van der Waals surface area contributed by atoms with Crippen molar-refractivity contribution in [1.82, 2.24) is 5.32 Å². The molecule has 0 radical (unpaired) electrons. The molecule has 17 heavy (non-hydrogen) atoms. The highest BCUT2D eigenvalue weighted by Gasteiger charge is 2.33. The van der Waals surface area contributed by atoms with Gasteiger partial charge in [0.1, 0.15) is 6.10 Å². The smallest absolute Gasteiger partial charge is 0.334 e. The van der Waals surface area contributed by atoms with Gasteiger partial charge in [-0.3, -0.25) is 4.79 Å². The van der Waals surface area contributed by atoms with Crippen LogP contribution in [-0.4, -0.2) is 52.5 Å². The lowest BCUT2D eigenvalue weighted by atomic mass is 9.87. The van der Waals surface area contributed by atoms with E-state index in [1.54, 1.807) is 0 Å². The highest BCUT2D eigenvalue weighted by Crippen LogP contribution is 2.19. The Bertz CT molecular complexity index is 304. The van der Waals surface area contributed by atoms with E-state index in [-0.39, 0.29) is 0 Å². The molecule has 8 nitrogen and oxygen atoms in total. The second-order valence-electron chi connectivity index (χ2n) is 4.25. The maximum atomic E-state index is 11.4. The first-order valence-corrected chi connectivity index (χ1v) is 4.88. The van der Waals surface area contributed by atoms with Crippen molar-refractivity contribution in [2.75, 3.05) is 13.2 Å². The van der Waals surface area contributed by atoms with Crippen LogP contribution in [0.1, 0.15) is 13.8 Å². The summed E-state index contributed by atoms with van der Waals surface area (Å²) >= 11 is 0. The van der Waals surface area contributed by atoms with Crippen LogP contribution < -0.4 is 5.32 Å². The number of carboxylic acids is 1. The summed E-state index contributed by atoms with van der Waals surface area (Å²) in [7, 11) is 0. The summed E-state index contributed by atoms with van der Waals surface area (Å²) in [5.74, 6) is -2.32. The highest BCUT2D eigenvalue weighted by molar-refractivity contribution is 5.82. The summed E-state index contributed by atoms with van der Waals surface area (Å²) in [4.78, 5) is 31.9. The van der Waals surface area contributed by atoms with Crippen LogP contribution in [-0.2, 0) is 9.59 Å². The fourth-order valence-corrected chi connectivity index (χ4v) is 0.905. The number of carboxylic acid groups (broad SMARTS) is 1. The number of hydrogen-bond acceptors (Lipinski definition) is 6. The molecule has 0 aromatic rings. The summed E-state index contributed by atoms with van der Waals surface area (Å²) in [5, 5.41) is 31.3. The molecule has 8 heteroatoms. The first-order valence-electron chi connectivity index (χ1n) is 4.88. The number of carbonyl (C=O) groups is 2. The average molecular weight is 248 g/mol. The number of aliphatic carboxylic acids is 1. The molecule has 0 heterocycles. The van der Waals surface area contributed by atoms with Crippen LogP contribution in [0.5, 0.6) is 0 Å². The Morgan fingerprint density at radius 3 is 2.29 bits per heavy atom. The number of hydrogen-bond donors (Lipinski definition) is 4. The van der Waals surface area contributed by atoms with Gasteiger partial charge in [0.2, 0.25) is 11.9 Å². The van der Waals surface area contributed by atoms with Gasteiger partial charge >= 0.3 is 5.97 Å². The van der Waals surface area contributed by atoms with Crippen LogP contribution in [0.15, 0.2) is 5.18 Å². The number of rotatable bonds is 7. The van der Waals surface area contributed by atoms with Crippen LogP contribution in [0.3, 0.4) is 0 Å².